The second kappa shape index (κ2) is 7.77. The molecule has 1 unspecified atom stereocenters. The number of carbonyl (C=O) groups excluding carboxylic acids is 2. The highest BCUT2D eigenvalue weighted by Gasteiger charge is 2.23. The van der Waals surface area contributed by atoms with Crippen LogP contribution in [0.5, 0.6) is 0 Å². The van der Waals surface area contributed by atoms with Crippen molar-refractivity contribution in [3.8, 4) is 0 Å². The van der Waals surface area contributed by atoms with Crippen molar-refractivity contribution < 1.29 is 9.59 Å². The summed E-state index contributed by atoms with van der Waals surface area (Å²) in [6.45, 7) is 6.25. The monoisotopic (exact) mass is 343 g/mol. The SMILES string of the molecule is CC(C)CNC(=O)NC(=O)C(C)Sc1nnc(NC2CC2)s1. The van der Waals surface area contributed by atoms with Crippen LogP contribution in [0.25, 0.3) is 0 Å². The maximum absolute atomic E-state index is 11.9. The van der Waals surface area contributed by atoms with Crippen molar-refractivity contribution in [2.75, 3.05) is 11.9 Å². The highest BCUT2D eigenvalue weighted by molar-refractivity contribution is 8.02. The Kier molecular flexibility index (Phi) is 6.01. The van der Waals surface area contributed by atoms with Gasteiger partial charge in [-0.15, -0.1) is 10.2 Å². The zero-order valence-electron chi connectivity index (χ0n) is 12.9. The minimum absolute atomic E-state index is 0.335. The van der Waals surface area contributed by atoms with E-state index in [1.807, 2.05) is 13.8 Å². The molecular weight excluding hydrogens is 322 g/mol. The second-order valence-corrected chi connectivity index (χ2v) is 8.21. The van der Waals surface area contributed by atoms with Crippen molar-refractivity contribution in [3.05, 3.63) is 0 Å². The fourth-order valence-corrected chi connectivity index (χ4v) is 3.45. The van der Waals surface area contributed by atoms with E-state index in [2.05, 4.69) is 26.1 Å². The lowest BCUT2D eigenvalue weighted by atomic mass is 10.2. The number of anilines is 1. The summed E-state index contributed by atoms with van der Waals surface area (Å²) in [5, 5.41) is 16.7. The second-order valence-electron chi connectivity index (χ2n) is 5.64. The third kappa shape index (κ3) is 5.80. The average molecular weight is 343 g/mol. The number of thioether (sulfide) groups is 1. The molecule has 1 aliphatic rings. The van der Waals surface area contributed by atoms with Crippen molar-refractivity contribution in [1.82, 2.24) is 20.8 Å². The fourth-order valence-electron chi connectivity index (χ4n) is 1.48. The average Bonchev–Trinajstić information content (AvgIpc) is 3.15. The number of urea groups is 1. The van der Waals surface area contributed by atoms with Gasteiger partial charge in [0.15, 0.2) is 4.34 Å². The molecule has 0 aliphatic heterocycles. The van der Waals surface area contributed by atoms with Gasteiger partial charge in [-0.1, -0.05) is 36.9 Å². The number of imide groups is 1. The molecule has 7 nitrogen and oxygen atoms in total. The van der Waals surface area contributed by atoms with Gasteiger partial charge in [-0.3, -0.25) is 10.1 Å². The van der Waals surface area contributed by atoms with E-state index in [1.165, 1.54) is 35.9 Å². The minimum atomic E-state index is -0.459. The summed E-state index contributed by atoms with van der Waals surface area (Å²) in [5.74, 6) is 0.00425. The summed E-state index contributed by atoms with van der Waals surface area (Å²) in [7, 11) is 0. The van der Waals surface area contributed by atoms with Crippen LogP contribution >= 0.6 is 23.1 Å². The lowest BCUT2D eigenvalue weighted by molar-refractivity contribution is -0.119. The molecule has 3 amide bonds. The fraction of sp³-hybridized carbons (Fsp3) is 0.692. The maximum atomic E-state index is 11.9. The van der Waals surface area contributed by atoms with Crippen LogP contribution in [-0.2, 0) is 4.79 Å². The number of rotatable bonds is 7. The highest BCUT2D eigenvalue weighted by Crippen LogP contribution is 2.31. The van der Waals surface area contributed by atoms with Gasteiger partial charge in [0.25, 0.3) is 0 Å². The first-order chi connectivity index (χ1) is 10.4. The number of amides is 3. The highest BCUT2D eigenvalue weighted by atomic mass is 32.2. The van der Waals surface area contributed by atoms with Crippen molar-refractivity contribution >= 4 is 40.2 Å². The van der Waals surface area contributed by atoms with E-state index in [-0.39, 0.29) is 5.91 Å². The summed E-state index contributed by atoms with van der Waals surface area (Å²) in [4.78, 5) is 23.5. The molecule has 2 rings (SSSR count). The third-order valence-electron chi connectivity index (χ3n) is 2.87. The van der Waals surface area contributed by atoms with Crippen LogP contribution in [0, 0.1) is 5.92 Å². The minimum Gasteiger partial charge on any atom is -0.357 e. The Morgan fingerprint density at radius 2 is 2.05 bits per heavy atom. The van der Waals surface area contributed by atoms with Crippen molar-refractivity contribution in [3.63, 3.8) is 0 Å². The lowest BCUT2D eigenvalue weighted by Gasteiger charge is -2.11. The predicted molar refractivity (Wildman–Crippen MR) is 88.3 cm³/mol. The van der Waals surface area contributed by atoms with Crippen LogP contribution in [0.3, 0.4) is 0 Å². The van der Waals surface area contributed by atoms with E-state index in [9.17, 15) is 9.59 Å². The molecule has 0 spiro atoms. The van der Waals surface area contributed by atoms with Gasteiger partial charge in [0.1, 0.15) is 0 Å². The Morgan fingerprint density at radius 3 is 2.68 bits per heavy atom. The molecular formula is C13H21N5O2S2. The summed E-state index contributed by atoms with van der Waals surface area (Å²) in [5.41, 5.74) is 0. The van der Waals surface area contributed by atoms with Gasteiger partial charge >= 0.3 is 6.03 Å². The van der Waals surface area contributed by atoms with E-state index in [1.54, 1.807) is 6.92 Å². The smallest absolute Gasteiger partial charge is 0.321 e. The van der Waals surface area contributed by atoms with Gasteiger partial charge in [0.2, 0.25) is 11.0 Å². The first kappa shape index (κ1) is 17.0. The maximum Gasteiger partial charge on any atom is 0.321 e. The van der Waals surface area contributed by atoms with Crippen molar-refractivity contribution in [2.45, 2.75) is 49.2 Å². The number of hydrogen-bond acceptors (Lipinski definition) is 7. The van der Waals surface area contributed by atoms with Crippen molar-refractivity contribution in [1.29, 1.82) is 0 Å². The van der Waals surface area contributed by atoms with Gasteiger partial charge in [-0.25, -0.2) is 4.79 Å². The first-order valence-electron chi connectivity index (χ1n) is 7.29. The molecule has 0 aromatic carbocycles. The van der Waals surface area contributed by atoms with E-state index in [0.717, 1.165) is 5.13 Å². The van der Waals surface area contributed by atoms with Gasteiger partial charge in [0.05, 0.1) is 5.25 Å². The Morgan fingerprint density at radius 1 is 1.32 bits per heavy atom. The van der Waals surface area contributed by atoms with Gasteiger partial charge in [-0.05, 0) is 25.7 Å². The van der Waals surface area contributed by atoms with E-state index in [4.69, 9.17) is 0 Å². The quantitative estimate of drug-likeness (QED) is 0.656. The van der Waals surface area contributed by atoms with Crippen LogP contribution in [0.15, 0.2) is 4.34 Å². The molecule has 3 N–H and O–H groups in total. The van der Waals surface area contributed by atoms with Crippen LogP contribution in [0.2, 0.25) is 0 Å². The molecule has 1 aromatic heterocycles. The topological polar surface area (TPSA) is 96.0 Å². The van der Waals surface area contributed by atoms with Crippen LogP contribution in [-0.4, -0.2) is 40.0 Å². The van der Waals surface area contributed by atoms with E-state index >= 15 is 0 Å². The lowest BCUT2D eigenvalue weighted by Crippen LogP contribution is -2.43. The van der Waals surface area contributed by atoms with Crippen LogP contribution < -0.4 is 16.0 Å². The normalized spacial score (nSPS) is 15.5. The number of nitrogens with zero attached hydrogens (tertiary/aromatic N) is 2. The first-order valence-corrected chi connectivity index (χ1v) is 8.99. The third-order valence-corrected chi connectivity index (χ3v) is 4.90. The molecule has 0 bridgehead atoms. The zero-order chi connectivity index (χ0) is 16.1. The number of nitrogens with one attached hydrogen (secondary N) is 3. The van der Waals surface area contributed by atoms with Gasteiger partial charge in [-0.2, -0.15) is 0 Å². The molecule has 1 aliphatic carbocycles. The molecule has 0 radical (unpaired) electrons. The predicted octanol–water partition coefficient (Wildman–Crippen LogP) is 2.07. The molecule has 0 saturated heterocycles. The van der Waals surface area contributed by atoms with Crippen molar-refractivity contribution in [2.24, 2.45) is 5.92 Å². The summed E-state index contributed by atoms with van der Waals surface area (Å²) >= 11 is 2.73. The largest absolute Gasteiger partial charge is 0.357 e. The Labute approximate surface area is 138 Å². The summed E-state index contributed by atoms with van der Waals surface area (Å²) in [6.07, 6.45) is 2.35. The molecule has 1 fully saturated rings. The molecule has 22 heavy (non-hydrogen) atoms. The van der Waals surface area contributed by atoms with Crippen LogP contribution in [0.4, 0.5) is 9.93 Å². The van der Waals surface area contributed by atoms with Gasteiger partial charge < -0.3 is 10.6 Å². The number of carbonyl (C=O) groups is 2. The van der Waals surface area contributed by atoms with E-state index in [0.29, 0.717) is 22.8 Å². The van der Waals surface area contributed by atoms with Crippen LogP contribution in [0.1, 0.15) is 33.6 Å². The Bertz CT molecular complexity index is 530. The van der Waals surface area contributed by atoms with Gasteiger partial charge in [0, 0.05) is 12.6 Å². The molecule has 122 valence electrons. The Balaban J connectivity index is 1.75. The zero-order valence-corrected chi connectivity index (χ0v) is 14.5. The van der Waals surface area contributed by atoms with E-state index < -0.39 is 11.3 Å². The molecule has 9 heteroatoms. The Hall–Kier alpha value is -1.35. The number of hydrogen-bond donors (Lipinski definition) is 3. The number of aromatic nitrogens is 2. The molecule has 1 aromatic rings. The summed E-state index contributed by atoms with van der Waals surface area (Å²) < 4.78 is 0.716. The molecule has 1 saturated carbocycles. The molecule has 1 atom stereocenters. The summed E-state index contributed by atoms with van der Waals surface area (Å²) in [6, 6.07) is 0.0654. The standard InChI is InChI=1S/C13H21N5O2S2/c1-7(2)6-14-11(20)16-10(19)8(3)21-13-18-17-12(22-13)15-9-4-5-9/h7-9H,4-6H2,1-3H3,(H,15,17)(H2,14,16,19,20). The molecule has 1 heterocycles.